The third-order valence-electron chi connectivity index (χ3n) is 2.55. The molecule has 1 atom stereocenters. The molecule has 2 rings (SSSR count). The molecule has 0 fully saturated rings. The molecule has 0 aliphatic carbocycles. The third kappa shape index (κ3) is 1.93. The Bertz CT molecular complexity index is 448. The molecule has 1 nitrogen and oxygen atoms in total. The van der Waals surface area contributed by atoms with Gasteiger partial charge in [-0.05, 0) is 40.9 Å². The molecule has 0 aliphatic rings. The molecule has 0 radical (unpaired) electrons. The largest absolute Gasteiger partial charge is 0.318 e. The zero-order valence-corrected chi connectivity index (χ0v) is 9.98. The Morgan fingerprint density at radius 2 is 2.00 bits per heavy atom. The zero-order chi connectivity index (χ0) is 10.9. The van der Waals surface area contributed by atoms with Crippen LogP contribution in [0.4, 0.5) is 0 Å². The van der Waals surface area contributed by atoms with Gasteiger partial charge in [0.2, 0.25) is 0 Å². The molecule has 3 heteroatoms. The van der Waals surface area contributed by atoms with Gasteiger partial charge in [0.25, 0.3) is 0 Å². The molecule has 0 aliphatic heterocycles. The SMILES string of the molecule is CC(N)(c1ccsc1)c1ccccc1Cl. The van der Waals surface area contributed by atoms with Crippen LogP contribution in [0.3, 0.4) is 0 Å². The topological polar surface area (TPSA) is 26.0 Å². The summed E-state index contributed by atoms with van der Waals surface area (Å²) >= 11 is 7.79. The first-order valence-corrected chi connectivity index (χ1v) is 6.01. The van der Waals surface area contributed by atoms with Gasteiger partial charge in [-0.25, -0.2) is 0 Å². The monoisotopic (exact) mass is 237 g/mol. The van der Waals surface area contributed by atoms with Gasteiger partial charge in [0.15, 0.2) is 0 Å². The van der Waals surface area contributed by atoms with Gasteiger partial charge in [-0.2, -0.15) is 11.3 Å². The Hall–Kier alpha value is -0.830. The zero-order valence-electron chi connectivity index (χ0n) is 8.41. The van der Waals surface area contributed by atoms with Crippen LogP contribution in [-0.4, -0.2) is 0 Å². The van der Waals surface area contributed by atoms with Crippen molar-refractivity contribution in [3.63, 3.8) is 0 Å². The van der Waals surface area contributed by atoms with E-state index >= 15 is 0 Å². The standard InChI is InChI=1S/C12H12ClNS/c1-12(14,9-6-7-15-8-9)10-4-2-3-5-11(10)13/h2-8H,14H2,1H3. The summed E-state index contributed by atoms with van der Waals surface area (Å²) in [5.41, 5.74) is 7.87. The highest BCUT2D eigenvalue weighted by Gasteiger charge is 2.25. The van der Waals surface area contributed by atoms with Crippen LogP contribution in [0.2, 0.25) is 5.02 Å². The molecule has 2 aromatic rings. The number of hydrogen-bond acceptors (Lipinski definition) is 2. The van der Waals surface area contributed by atoms with E-state index in [4.69, 9.17) is 17.3 Å². The Labute approximate surface area is 98.5 Å². The molecular formula is C12H12ClNS. The summed E-state index contributed by atoms with van der Waals surface area (Å²) in [5, 5.41) is 4.80. The Balaban J connectivity index is 2.51. The number of benzene rings is 1. The maximum absolute atomic E-state index is 6.33. The van der Waals surface area contributed by atoms with Crippen molar-refractivity contribution >= 4 is 22.9 Å². The van der Waals surface area contributed by atoms with Gasteiger partial charge in [-0.3, -0.25) is 0 Å². The van der Waals surface area contributed by atoms with Crippen molar-refractivity contribution in [2.75, 3.05) is 0 Å². The lowest BCUT2D eigenvalue weighted by molar-refractivity contribution is 0.606. The molecule has 15 heavy (non-hydrogen) atoms. The van der Waals surface area contributed by atoms with E-state index in [-0.39, 0.29) is 0 Å². The van der Waals surface area contributed by atoms with E-state index in [0.717, 1.165) is 11.1 Å². The average molecular weight is 238 g/mol. The van der Waals surface area contributed by atoms with Crippen molar-refractivity contribution in [1.82, 2.24) is 0 Å². The summed E-state index contributed by atoms with van der Waals surface area (Å²) in [5.74, 6) is 0. The minimum atomic E-state index is -0.516. The maximum Gasteiger partial charge on any atom is 0.0659 e. The highest BCUT2D eigenvalue weighted by atomic mass is 35.5. The van der Waals surface area contributed by atoms with Crippen molar-refractivity contribution in [2.24, 2.45) is 5.73 Å². The van der Waals surface area contributed by atoms with Crippen LogP contribution in [0.5, 0.6) is 0 Å². The van der Waals surface area contributed by atoms with Crippen LogP contribution < -0.4 is 5.73 Å². The van der Waals surface area contributed by atoms with Gasteiger partial charge >= 0.3 is 0 Å². The van der Waals surface area contributed by atoms with Gasteiger partial charge in [0.05, 0.1) is 5.54 Å². The van der Waals surface area contributed by atoms with Crippen LogP contribution in [0.25, 0.3) is 0 Å². The predicted octanol–water partition coefficient (Wildman–Crippen LogP) is 3.62. The second-order valence-electron chi connectivity index (χ2n) is 3.69. The summed E-state index contributed by atoms with van der Waals surface area (Å²) in [6.07, 6.45) is 0. The number of rotatable bonds is 2. The summed E-state index contributed by atoms with van der Waals surface area (Å²) in [7, 11) is 0. The third-order valence-corrected chi connectivity index (χ3v) is 3.57. The first-order valence-electron chi connectivity index (χ1n) is 4.69. The molecule has 1 aromatic carbocycles. The molecule has 0 saturated heterocycles. The fourth-order valence-corrected chi connectivity index (χ4v) is 2.70. The van der Waals surface area contributed by atoms with Gasteiger partial charge in [0, 0.05) is 5.02 Å². The first kappa shape index (κ1) is 10.7. The van der Waals surface area contributed by atoms with Crippen LogP contribution in [0.1, 0.15) is 18.1 Å². The second kappa shape index (κ2) is 3.97. The fraction of sp³-hybridized carbons (Fsp3) is 0.167. The summed E-state index contributed by atoms with van der Waals surface area (Å²) in [4.78, 5) is 0. The predicted molar refractivity (Wildman–Crippen MR) is 66.4 cm³/mol. The minimum Gasteiger partial charge on any atom is -0.318 e. The van der Waals surface area contributed by atoms with E-state index in [1.807, 2.05) is 42.6 Å². The highest BCUT2D eigenvalue weighted by molar-refractivity contribution is 7.08. The van der Waals surface area contributed by atoms with Gasteiger partial charge in [0.1, 0.15) is 0 Å². The van der Waals surface area contributed by atoms with E-state index in [1.54, 1.807) is 11.3 Å². The summed E-state index contributed by atoms with van der Waals surface area (Å²) in [6, 6.07) is 9.75. The smallest absolute Gasteiger partial charge is 0.0659 e. The number of nitrogens with two attached hydrogens (primary N) is 1. The van der Waals surface area contributed by atoms with Gasteiger partial charge in [-0.15, -0.1) is 0 Å². The quantitative estimate of drug-likeness (QED) is 0.848. The molecule has 0 spiro atoms. The second-order valence-corrected chi connectivity index (χ2v) is 4.88. The lowest BCUT2D eigenvalue weighted by Crippen LogP contribution is -2.34. The molecule has 1 aromatic heterocycles. The Morgan fingerprint density at radius 1 is 1.27 bits per heavy atom. The van der Waals surface area contributed by atoms with E-state index in [1.165, 1.54) is 0 Å². The number of hydrogen-bond donors (Lipinski definition) is 1. The van der Waals surface area contributed by atoms with Crippen LogP contribution in [0.15, 0.2) is 41.1 Å². The molecule has 1 unspecified atom stereocenters. The van der Waals surface area contributed by atoms with E-state index in [2.05, 4.69) is 5.38 Å². The maximum atomic E-state index is 6.33. The minimum absolute atomic E-state index is 0.516. The summed E-state index contributed by atoms with van der Waals surface area (Å²) < 4.78 is 0. The van der Waals surface area contributed by atoms with Crippen molar-refractivity contribution < 1.29 is 0 Å². The molecule has 0 saturated carbocycles. The van der Waals surface area contributed by atoms with Crippen molar-refractivity contribution in [2.45, 2.75) is 12.5 Å². The van der Waals surface area contributed by atoms with Crippen LogP contribution in [-0.2, 0) is 5.54 Å². The normalized spacial score (nSPS) is 14.9. The lowest BCUT2D eigenvalue weighted by atomic mass is 9.87. The van der Waals surface area contributed by atoms with Crippen LogP contribution >= 0.6 is 22.9 Å². The molecule has 0 bridgehead atoms. The Morgan fingerprint density at radius 3 is 2.60 bits per heavy atom. The summed E-state index contributed by atoms with van der Waals surface area (Å²) in [6.45, 7) is 1.98. The van der Waals surface area contributed by atoms with Crippen molar-refractivity contribution in [1.29, 1.82) is 0 Å². The number of thiophene rings is 1. The Kier molecular flexibility index (Phi) is 2.83. The van der Waals surface area contributed by atoms with Gasteiger partial charge < -0.3 is 5.73 Å². The van der Waals surface area contributed by atoms with E-state index in [9.17, 15) is 0 Å². The van der Waals surface area contributed by atoms with Crippen LogP contribution in [0, 0.1) is 0 Å². The molecule has 1 heterocycles. The molecular weight excluding hydrogens is 226 g/mol. The molecule has 0 amide bonds. The van der Waals surface area contributed by atoms with Crippen molar-refractivity contribution in [3.8, 4) is 0 Å². The van der Waals surface area contributed by atoms with E-state index < -0.39 is 5.54 Å². The van der Waals surface area contributed by atoms with Crippen molar-refractivity contribution in [3.05, 3.63) is 57.2 Å². The molecule has 2 N–H and O–H groups in total. The average Bonchev–Trinajstić information content (AvgIpc) is 2.71. The highest BCUT2D eigenvalue weighted by Crippen LogP contribution is 2.32. The lowest BCUT2D eigenvalue weighted by Gasteiger charge is -2.25. The fourth-order valence-electron chi connectivity index (χ4n) is 1.60. The van der Waals surface area contributed by atoms with E-state index in [0.29, 0.717) is 5.02 Å². The molecule has 78 valence electrons. The first-order chi connectivity index (χ1) is 7.12. The number of halogens is 1. The van der Waals surface area contributed by atoms with Gasteiger partial charge in [-0.1, -0.05) is 29.8 Å².